The van der Waals surface area contributed by atoms with E-state index in [2.05, 4.69) is 10.5 Å². The number of anilines is 1. The molecule has 0 amide bonds. The molecule has 1 aromatic carbocycles. The molecule has 16 heavy (non-hydrogen) atoms. The molecular weight excluding hydrogens is 249 g/mol. The Balaban J connectivity index is 2.37. The third-order valence-electron chi connectivity index (χ3n) is 1.93. The van der Waals surface area contributed by atoms with Crippen LogP contribution in [0.15, 0.2) is 23.4 Å². The van der Waals surface area contributed by atoms with Gasteiger partial charge in [0.15, 0.2) is 0 Å². The fourth-order valence-corrected chi connectivity index (χ4v) is 1.73. The third-order valence-corrected chi connectivity index (χ3v) is 2.37. The maximum atomic E-state index is 8.33. The first kappa shape index (κ1) is 12.9. The van der Waals surface area contributed by atoms with Crippen LogP contribution in [0, 0.1) is 0 Å². The highest BCUT2D eigenvalue weighted by Gasteiger charge is 1.98. The van der Waals surface area contributed by atoms with Gasteiger partial charge in [-0.3, -0.25) is 0 Å². The largest absolute Gasteiger partial charge is 0.409 e. The van der Waals surface area contributed by atoms with Crippen molar-refractivity contribution >= 4 is 34.7 Å². The molecule has 0 heterocycles. The average Bonchev–Trinajstić information content (AvgIpc) is 2.22. The smallest absolute Gasteiger partial charge is 0.139 e. The number of hydrogen-bond acceptors (Lipinski definition) is 3. The van der Waals surface area contributed by atoms with Crippen LogP contribution >= 0.6 is 23.2 Å². The molecule has 0 saturated heterocycles. The van der Waals surface area contributed by atoms with Crippen molar-refractivity contribution < 1.29 is 5.21 Å². The van der Waals surface area contributed by atoms with Gasteiger partial charge in [0.25, 0.3) is 0 Å². The van der Waals surface area contributed by atoms with Gasteiger partial charge in [0.1, 0.15) is 5.84 Å². The van der Waals surface area contributed by atoms with Crippen molar-refractivity contribution in [2.75, 3.05) is 11.9 Å². The fraction of sp³-hybridized carbons (Fsp3) is 0.300. The highest BCUT2D eigenvalue weighted by molar-refractivity contribution is 6.35. The van der Waals surface area contributed by atoms with E-state index in [-0.39, 0.29) is 5.84 Å². The van der Waals surface area contributed by atoms with Crippen LogP contribution in [0.1, 0.15) is 12.8 Å². The molecule has 0 radical (unpaired) electrons. The van der Waals surface area contributed by atoms with Crippen LogP contribution < -0.4 is 11.1 Å². The zero-order chi connectivity index (χ0) is 12.0. The molecule has 88 valence electrons. The second-order valence-electron chi connectivity index (χ2n) is 3.28. The molecule has 0 unspecified atom stereocenters. The monoisotopic (exact) mass is 261 g/mol. The second kappa shape index (κ2) is 6.45. The van der Waals surface area contributed by atoms with Gasteiger partial charge in [-0.1, -0.05) is 28.4 Å². The van der Waals surface area contributed by atoms with Crippen LogP contribution in [0.3, 0.4) is 0 Å². The van der Waals surface area contributed by atoms with Gasteiger partial charge in [-0.15, -0.1) is 0 Å². The van der Waals surface area contributed by atoms with Crippen molar-refractivity contribution in [1.29, 1.82) is 0 Å². The lowest BCUT2D eigenvalue weighted by Gasteiger charge is -2.06. The normalized spacial score (nSPS) is 11.5. The average molecular weight is 262 g/mol. The molecule has 0 fully saturated rings. The molecule has 0 saturated carbocycles. The van der Waals surface area contributed by atoms with Crippen LogP contribution in [-0.2, 0) is 0 Å². The van der Waals surface area contributed by atoms with E-state index in [1.165, 1.54) is 0 Å². The lowest BCUT2D eigenvalue weighted by atomic mass is 10.2. The van der Waals surface area contributed by atoms with Crippen molar-refractivity contribution in [3.05, 3.63) is 28.2 Å². The molecule has 0 aliphatic carbocycles. The maximum Gasteiger partial charge on any atom is 0.139 e. The summed E-state index contributed by atoms with van der Waals surface area (Å²) in [5.74, 6) is 0.228. The lowest BCUT2D eigenvalue weighted by molar-refractivity contribution is 0.316. The first-order chi connectivity index (χ1) is 7.61. The first-order valence-electron chi connectivity index (χ1n) is 4.78. The van der Waals surface area contributed by atoms with E-state index in [4.69, 9.17) is 34.1 Å². The topological polar surface area (TPSA) is 70.6 Å². The number of hydrogen-bond donors (Lipinski definition) is 3. The van der Waals surface area contributed by atoms with Gasteiger partial charge in [-0.25, -0.2) is 0 Å². The summed E-state index contributed by atoms with van der Waals surface area (Å²) < 4.78 is 0. The Morgan fingerprint density at radius 2 is 1.94 bits per heavy atom. The third kappa shape index (κ3) is 4.59. The number of halogens is 2. The molecule has 0 aromatic heterocycles. The minimum absolute atomic E-state index is 0.228. The summed E-state index contributed by atoms with van der Waals surface area (Å²) in [4.78, 5) is 0. The number of nitrogens with two attached hydrogens (primary N) is 1. The van der Waals surface area contributed by atoms with Crippen LogP contribution in [0.4, 0.5) is 5.69 Å². The summed E-state index contributed by atoms with van der Waals surface area (Å²) >= 11 is 11.7. The molecule has 0 spiro atoms. The molecule has 0 aliphatic heterocycles. The molecule has 0 bridgehead atoms. The predicted octanol–water partition coefficient (Wildman–Crippen LogP) is 2.93. The van der Waals surface area contributed by atoms with E-state index in [0.29, 0.717) is 23.0 Å². The number of oxime groups is 1. The summed E-state index contributed by atoms with van der Waals surface area (Å²) in [5, 5.41) is 15.5. The van der Waals surface area contributed by atoms with Crippen molar-refractivity contribution in [1.82, 2.24) is 0 Å². The van der Waals surface area contributed by atoms with Crippen molar-refractivity contribution in [3.8, 4) is 0 Å². The van der Waals surface area contributed by atoms with E-state index in [0.717, 1.165) is 12.1 Å². The van der Waals surface area contributed by atoms with E-state index < -0.39 is 0 Å². The number of nitrogens with zero attached hydrogens (tertiary/aromatic N) is 1. The Kier molecular flexibility index (Phi) is 5.22. The van der Waals surface area contributed by atoms with Crippen LogP contribution in [-0.4, -0.2) is 17.6 Å². The molecule has 1 rings (SSSR count). The molecule has 4 nitrogen and oxygen atoms in total. The van der Waals surface area contributed by atoms with E-state index in [1.807, 2.05) is 0 Å². The van der Waals surface area contributed by atoms with Crippen molar-refractivity contribution in [2.24, 2.45) is 10.9 Å². The number of amidine groups is 1. The summed E-state index contributed by atoms with van der Waals surface area (Å²) in [6.45, 7) is 0.701. The molecular formula is C10H13Cl2N3O. The predicted molar refractivity (Wildman–Crippen MR) is 67.6 cm³/mol. The Morgan fingerprint density at radius 3 is 2.50 bits per heavy atom. The number of rotatable bonds is 5. The van der Waals surface area contributed by atoms with Crippen LogP contribution in [0.25, 0.3) is 0 Å². The van der Waals surface area contributed by atoms with Crippen molar-refractivity contribution in [3.63, 3.8) is 0 Å². The minimum atomic E-state index is 0.228. The SMILES string of the molecule is NC(CCCNc1cc(Cl)cc(Cl)c1)=NO. The Bertz CT molecular complexity index is 362. The zero-order valence-electron chi connectivity index (χ0n) is 8.58. The van der Waals surface area contributed by atoms with Gasteiger partial charge < -0.3 is 16.3 Å². The number of benzene rings is 1. The molecule has 4 N–H and O–H groups in total. The first-order valence-corrected chi connectivity index (χ1v) is 5.54. The summed E-state index contributed by atoms with van der Waals surface area (Å²) in [6, 6.07) is 5.25. The summed E-state index contributed by atoms with van der Waals surface area (Å²) in [5.41, 5.74) is 6.19. The van der Waals surface area contributed by atoms with E-state index in [9.17, 15) is 0 Å². The van der Waals surface area contributed by atoms with Crippen LogP contribution in [0.5, 0.6) is 0 Å². The Hall–Kier alpha value is -1.13. The highest BCUT2D eigenvalue weighted by atomic mass is 35.5. The van der Waals surface area contributed by atoms with E-state index >= 15 is 0 Å². The van der Waals surface area contributed by atoms with Gasteiger partial charge >= 0.3 is 0 Å². The van der Waals surface area contributed by atoms with Gasteiger partial charge in [0.2, 0.25) is 0 Å². The van der Waals surface area contributed by atoms with E-state index in [1.54, 1.807) is 18.2 Å². The minimum Gasteiger partial charge on any atom is -0.409 e. The molecule has 1 aromatic rings. The fourth-order valence-electron chi connectivity index (χ4n) is 1.21. The highest BCUT2D eigenvalue weighted by Crippen LogP contribution is 2.22. The Morgan fingerprint density at radius 1 is 1.31 bits per heavy atom. The van der Waals surface area contributed by atoms with Crippen LogP contribution in [0.2, 0.25) is 10.0 Å². The van der Waals surface area contributed by atoms with Crippen molar-refractivity contribution in [2.45, 2.75) is 12.8 Å². The molecule has 6 heteroatoms. The Labute approximate surface area is 104 Å². The lowest BCUT2D eigenvalue weighted by Crippen LogP contribution is -2.13. The summed E-state index contributed by atoms with van der Waals surface area (Å²) in [7, 11) is 0. The quantitative estimate of drug-likeness (QED) is 0.251. The van der Waals surface area contributed by atoms with Gasteiger partial charge in [0, 0.05) is 28.7 Å². The summed E-state index contributed by atoms with van der Waals surface area (Å²) in [6.07, 6.45) is 1.30. The molecule has 0 atom stereocenters. The zero-order valence-corrected chi connectivity index (χ0v) is 10.1. The maximum absolute atomic E-state index is 8.33. The van der Waals surface area contributed by atoms with Gasteiger partial charge in [-0.2, -0.15) is 0 Å². The number of nitrogens with one attached hydrogen (secondary N) is 1. The molecule has 0 aliphatic rings. The standard InChI is InChI=1S/C10H13Cl2N3O/c11-7-4-8(12)6-9(5-7)14-3-1-2-10(13)15-16/h4-6,14,16H,1-3H2,(H2,13,15). The van der Waals surface area contributed by atoms with Gasteiger partial charge in [0.05, 0.1) is 0 Å². The second-order valence-corrected chi connectivity index (χ2v) is 4.15. The van der Waals surface area contributed by atoms with Gasteiger partial charge in [-0.05, 0) is 24.6 Å².